The van der Waals surface area contributed by atoms with Gasteiger partial charge < -0.3 is 19.8 Å². The number of carbonyl (C=O) groups is 1. The number of allylic oxidation sites excluding steroid dienone is 19. The Morgan fingerprint density at radius 1 is 0.515 bits per heavy atom. The molecular weight excluding hydrogens is 864 g/mol. The number of amides is 1. The maximum absolute atomic E-state index is 12.9. The summed E-state index contributed by atoms with van der Waals surface area (Å²) in [6.07, 6.45) is 73.0. The van der Waals surface area contributed by atoms with Crippen molar-refractivity contribution < 1.29 is 32.9 Å². The summed E-state index contributed by atoms with van der Waals surface area (Å²) in [5.74, 6) is -0.199. The van der Waals surface area contributed by atoms with E-state index in [1.807, 2.05) is 27.2 Å². The first-order chi connectivity index (χ1) is 33.0. The molecule has 68 heavy (non-hydrogen) atoms. The van der Waals surface area contributed by atoms with Gasteiger partial charge >= 0.3 is 7.82 Å². The Morgan fingerprint density at radius 2 is 0.897 bits per heavy atom. The molecule has 0 aromatic rings. The maximum Gasteiger partial charge on any atom is 0.472 e. The number of unbranched alkanes of at least 4 members (excludes halogenated alkanes) is 16. The molecule has 0 heterocycles. The summed E-state index contributed by atoms with van der Waals surface area (Å²) in [6.45, 7) is 4.62. The van der Waals surface area contributed by atoms with Crippen LogP contribution in [0, 0.1) is 0 Å². The van der Waals surface area contributed by atoms with Crippen LogP contribution in [0.4, 0.5) is 0 Å². The first kappa shape index (κ1) is 64.9. The minimum atomic E-state index is -4.36. The molecule has 0 aromatic carbocycles. The molecule has 0 bridgehead atoms. The number of hydrogen-bond acceptors (Lipinski definition) is 5. The molecule has 0 aliphatic carbocycles. The largest absolute Gasteiger partial charge is 0.472 e. The van der Waals surface area contributed by atoms with E-state index in [4.69, 9.17) is 9.05 Å². The van der Waals surface area contributed by atoms with E-state index < -0.39 is 20.0 Å². The molecule has 0 saturated heterocycles. The Balaban J connectivity index is 4.14. The summed E-state index contributed by atoms with van der Waals surface area (Å²) in [4.78, 5) is 23.2. The van der Waals surface area contributed by atoms with Crippen LogP contribution in [-0.4, -0.2) is 73.4 Å². The Labute approximate surface area is 418 Å². The van der Waals surface area contributed by atoms with Gasteiger partial charge in [0.2, 0.25) is 5.91 Å². The number of nitrogens with zero attached hydrogens (tertiary/aromatic N) is 1. The number of phosphoric acid groups is 1. The Kier molecular flexibility index (Phi) is 46.7. The molecule has 0 saturated carbocycles. The number of aliphatic hydroxyl groups excluding tert-OH is 1. The van der Waals surface area contributed by atoms with Crippen molar-refractivity contribution in [1.82, 2.24) is 5.32 Å². The fourth-order valence-corrected chi connectivity index (χ4v) is 7.69. The van der Waals surface area contributed by atoms with Gasteiger partial charge in [-0.3, -0.25) is 13.8 Å². The third kappa shape index (κ3) is 50.8. The third-order valence-electron chi connectivity index (χ3n) is 11.2. The highest BCUT2D eigenvalue weighted by atomic mass is 31.2. The molecule has 0 radical (unpaired) electrons. The zero-order valence-electron chi connectivity index (χ0n) is 44.0. The van der Waals surface area contributed by atoms with Gasteiger partial charge in [0.05, 0.1) is 39.9 Å². The number of nitrogens with one attached hydrogen (secondary N) is 1. The molecule has 0 aromatic heterocycles. The standard InChI is InChI=1S/C59H101N2O6P/c1-6-8-10-12-14-16-18-19-20-21-22-23-24-25-26-27-28-29-30-31-32-33-34-35-36-37-38-39-40-41-43-45-47-49-51-53-59(63)60-57(56-67-68(64,65)66-55-54-61(3,4)5)58(62)52-50-48-46-44-42-17-15-13-11-9-7-2/h8,10,14,16,19-20,22-23,25-26,28-29,31-32,34-35,42,44,50,52,57-58,62H,6-7,9,11-13,15,17-18,21,24,27,30,33,36-41,43,45-49,51,53-56H2,1-5H3,(H-,60,63,64,65)/p+1/b10-8-,16-14-,20-19-,23-22-,26-25-,29-28-,32-31-,35-34-,44-42+,52-50+. The second-order valence-corrected chi connectivity index (χ2v) is 20.3. The number of aliphatic hydroxyl groups is 1. The van der Waals surface area contributed by atoms with Crippen molar-refractivity contribution in [3.05, 3.63) is 122 Å². The number of carbonyl (C=O) groups excluding carboxylic acids is 1. The lowest BCUT2D eigenvalue weighted by molar-refractivity contribution is -0.870. The lowest BCUT2D eigenvalue weighted by Gasteiger charge is -2.25. The maximum atomic E-state index is 12.9. The van der Waals surface area contributed by atoms with Crippen LogP contribution in [0.1, 0.15) is 194 Å². The topological polar surface area (TPSA) is 105 Å². The lowest BCUT2D eigenvalue weighted by atomic mass is 10.0. The van der Waals surface area contributed by atoms with Crippen LogP contribution in [0.5, 0.6) is 0 Å². The van der Waals surface area contributed by atoms with Gasteiger partial charge in [0.15, 0.2) is 0 Å². The van der Waals surface area contributed by atoms with Gasteiger partial charge in [-0.2, -0.15) is 0 Å². The van der Waals surface area contributed by atoms with Gasteiger partial charge in [0, 0.05) is 6.42 Å². The average Bonchev–Trinajstić information content (AvgIpc) is 3.30. The minimum absolute atomic E-state index is 0.0492. The van der Waals surface area contributed by atoms with Gasteiger partial charge in [0.25, 0.3) is 0 Å². The van der Waals surface area contributed by atoms with Crippen molar-refractivity contribution in [2.75, 3.05) is 40.9 Å². The molecule has 0 aliphatic heterocycles. The van der Waals surface area contributed by atoms with Crippen LogP contribution >= 0.6 is 7.82 Å². The van der Waals surface area contributed by atoms with Crippen LogP contribution < -0.4 is 5.32 Å². The van der Waals surface area contributed by atoms with E-state index >= 15 is 0 Å². The zero-order chi connectivity index (χ0) is 49.9. The van der Waals surface area contributed by atoms with Crippen molar-refractivity contribution in [1.29, 1.82) is 0 Å². The molecule has 388 valence electrons. The molecule has 3 unspecified atom stereocenters. The average molecular weight is 966 g/mol. The summed E-state index contributed by atoms with van der Waals surface area (Å²) in [5, 5.41) is 13.8. The van der Waals surface area contributed by atoms with Gasteiger partial charge in [0.1, 0.15) is 13.2 Å². The van der Waals surface area contributed by atoms with Crippen LogP contribution in [-0.2, 0) is 18.4 Å². The van der Waals surface area contributed by atoms with Gasteiger partial charge in [-0.1, -0.05) is 212 Å². The zero-order valence-corrected chi connectivity index (χ0v) is 44.9. The van der Waals surface area contributed by atoms with Gasteiger partial charge in [-0.15, -0.1) is 0 Å². The van der Waals surface area contributed by atoms with Crippen molar-refractivity contribution >= 4 is 13.7 Å². The molecule has 0 rings (SSSR count). The fraction of sp³-hybridized carbons (Fsp3) is 0.644. The van der Waals surface area contributed by atoms with E-state index in [2.05, 4.69) is 129 Å². The molecule has 9 heteroatoms. The Hall–Kier alpha value is -3.10. The second-order valence-electron chi connectivity index (χ2n) is 18.9. The first-order valence-electron chi connectivity index (χ1n) is 26.9. The molecule has 3 N–H and O–H groups in total. The van der Waals surface area contributed by atoms with Crippen LogP contribution in [0.25, 0.3) is 0 Å². The minimum Gasteiger partial charge on any atom is -0.387 e. The van der Waals surface area contributed by atoms with E-state index in [-0.39, 0.29) is 19.1 Å². The Morgan fingerprint density at radius 3 is 1.35 bits per heavy atom. The van der Waals surface area contributed by atoms with E-state index in [0.29, 0.717) is 17.4 Å². The Bertz CT molecular complexity index is 1510. The molecule has 0 fully saturated rings. The number of likely N-dealkylation sites (N-methyl/N-ethyl adjacent to an activating group) is 1. The molecule has 3 atom stereocenters. The highest BCUT2D eigenvalue weighted by Gasteiger charge is 2.27. The second kappa shape index (κ2) is 48.9. The molecule has 1 amide bonds. The third-order valence-corrected chi connectivity index (χ3v) is 12.1. The quantitative estimate of drug-likeness (QED) is 0.0243. The smallest absolute Gasteiger partial charge is 0.387 e. The van der Waals surface area contributed by atoms with Gasteiger partial charge in [-0.05, 0) is 96.3 Å². The van der Waals surface area contributed by atoms with Gasteiger partial charge in [-0.25, -0.2) is 4.57 Å². The van der Waals surface area contributed by atoms with E-state index in [9.17, 15) is 19.4 Å². The number of quaternary nitrogens is 1. The van der Waals surface area contributed by atoms with E-state index in [0.717, 1.165) is 96.3 Å². The normalized spacial score (nSPS) is 15.0. The fourth-order valence-electron chi connectivity index (χ4n) is 6.95. The van der Waals surface area contributed by atoms with E-state index in [1.54, 1.807) is 6.08 Å². The molecular formula is C59H102N2O6P+. The number of rotatable bonds is 47. The summed E-state index contributed by atoms with van der Waals surface area (Å²) < 4.78 is 23.6. The summed E-state index contributed by atoms with van der Waals surface area (Å²) in [7, 11) is 1.53. The molecule has 0 spiro atoms. The highest BCUT2D eigenvalue weighted by Crippen LogP contribution is 2.43. The first-order valence-corrected chi connectivity index (χ1v) is 28.4. The van der Waals surface area contributed by atoms with Crippen LogP contribution in [0.3, 0.4) is 0 Å². The predicted octanol–water partition coefficient (Wildman–Crippen LogP) is 16.2. The van der Waals surface area contributed by atoms with Crippen molar-refractivity contribution in [2.24, 2.45) is 0 Å². The molecule has 0 aliphatic rings. The van der Waals surface area contributed by atoms with Crippen LogP contribution in [0.2, 0.25) is 0 Å². The summed E-state index contributed by atoms with van der Waals surface area (Å²) >= 11 is 0. The number of hydrogen-bond donors (Lipinski definition) is 3. The monoisotopic (exact) mass is 966 g/mol. The van der Waals surface area contributed by atoms with E-state index in [1.165, 1.54) is 77.0 Å². The molecule has 8 nitrogen and oxygen atoms in total. The van der Waals surface area contributed by atoms with Crippen molar-refractivity contribution in [2.45, 2.75) is 206 Å². The highest BCUT2D eigenvalue weighted by molar-refractivity contribution is 7.47. The van der Waals surface area contributed by atoms with Crippen molar-refractivity contribution in [3.8, 4) is 0 Å². The lowest BCUT2D eigenvalue weighted by Crippen LogP contribution is -2.45. The summed E-state index contributed by atoms with van der Waals surface area (Å²) in [6, 6.07) is -0.872. The summed E-state index contributed by atoms with van der Waals surface area (Å²) in [5.41, 5.74) is 0. The van der Waals surface area contributed by atoms with Crippen LogP contribution in [0.15, 0.2) is 122 Å². The SMILES string of the molecule is CC/C=C\C/C=C\C/C=C\C/C=C\C/C=C\C/C=C\C/C=C\C/C=C\CCCCCCCCCCCCC(=O)NC(COP(=O)(O)OCC[N+](C)(C)C)C(O)/C=C/CC/C=C/CCCCCCC. The number of phosphoric ester groups is 1. The van der Waals surface area contributed by atoms with Crippen molar-refractivity contribution in [3.63, 3.8) is 0 Å². The predicted molar refractivity (Wildman–Crippen MR) is 295 cm³/mol.